The van der Waals surface area contributed by atoms with E-state index in [0.29, 0.717) is 6.54 Å². The van der Waals surface area contributed by atoms with Gasteiger partial charge in [0.1, 0.15) is 13.2 Å². The molecule has 24 heavy (non-hydrogen) atoms. The van der Waals surface area contributed by atoms with Crippen LogP contribution in [0.1, 0.15) is 0 Å². The molecule has 0 aliphatic rings. The van der Waals surface area contributed by atoms with E-state index in [4.69, 9.17) is 4.18 Å². The Morgan fingerprint density at radius 1 is 1.12 bits per heavy atom. The topological polar surface area (TPSA) is 106 Å². The van der Waals surface area contributed by atoms with Crippen molar-refractivity contribution in [2.75, 3.05) is 6.61 Å². The summed E-state index contributed by atoms with van der Waals surface area (Å²) in [5.74, 6) is 0. The second-order valence-electron chi connectivity index (χ2n) is 5.01. The maximum atomic E-state index is 12.1. The Morgan fingerprint density at radius 3 is 2.54 bits per heavy atom. The average Bonchev–Trinajstić information content (AvgIpc) is 2.98. The number of hydrogen-bond donors (Lipinski definition) is 1. The van der Waals surface area contributed by atoms with Crippen molar-refractivity contribution in [3.63, 3.8) is 0 Å². The molecule has 0 spiro atoms. The number of hydrogen-bond acceptors (Lipinski definition) is 5. The summed E-state index contributed by atoms with van der Waals surface area (Å²) in [5, 5.41) is 10.6. The normalized spacial score (nSPS) is 11.7. The van der Waals surface area contributed by atoms with Crippen LogP contribution in [-0.2, 0) is 20.8 Å². The van der Waals surface area contributed by atoms with Gasteiger partial charge in [-0.15, -0.1) is 0 Å². The Morgan fingerprint density at radius 2 is 1.83 bits per heavy atom. The van der Waals surface area contributed by atoms with Gasteiger partial charge >= 0.3 is 0 Å². The largest absolute Gasteiger partial charge is 0.297 e. The first-order valence-corrected chi connectivity index (χ1v) is 8.48. The number of aromatic amines is 1. The van der Waals surface area contributed by atoms with E-state index >= 15 is 0 Å². The predicted molar refractivity (Wildman–Crippen MR) is 84.7 cm³/mol. The van der Waals surface area contributed by atoms with Crippen molar-refractivity contribution in [1.82, 2.24) is 4.98 Å². The van der Waals surface area contributed by atoms with Crippen molar-refractivity contribution in [2.24, 2.45) is 0 Å². The van der Waals surface area contributed by atoms with Crippen molar-refractivity contribution in [3.05, 3.63) is 65.0 Å². The van der Waals surface area contributed by atoms with E-state index in [2.05, 4.69) is 4.98 Å². The van der Waals surface area contributed by atoms with Gasteiger partial charge in [-0.1, -0.05) is 12.1 Å². The highest BCUT2D eigenvalue weighted by atomic mass is 32.2. The van der Waals surface area contributed by atoms with E-state index in [1.807, 2.05) is 28.8 Å². The lowest BCUT2D eigenvalue weighted by Gasteiger charge is -2.04. The highest BCUT2D eigenvalue weighted by molar-refractivity contribution is 7.86. The molecule has 0 saturated heterocycles. The van der Waals surface area contributed by atoms with Gasteiger partial charge in [0.05, 0.1) is 9.82 Å². The minimum Gasteiger partial charge on any atom is -0.262 e. The predicted octanol–water partition coefficient (Wildman–Crippen LogP) is 1.77. The Balaban J connectivity index is 1.68. The number of nitro groups is 1. The summed E-state index contributed by atoms with van der Waals surface area (Å²) in [7, 11) is -3.96. The highest BCUT2D eigenvalue weighted by Gasteiger charge is 2.18. The van der Waals surface area contributed by atoms with Crippen LogP contribution in [0, 0.1) is 10.1 Å². The van der Waals surface area contributed by atoms with Crippen LogP contribution in [0.5, 0.6) is 0 Å². The van der Waals surface area contributed by atoms with Gasteiger partial charge in [-0.2, -0.15) is 8.42 Å². The van der Waals surface area contributed by atoms with Gasteiger partial charge in [0.25, 0.3) is 15.8 Å². The Hall–Kier alpha value is -2.78. The average molecular weight is 348 g/mol. The van der Waals surface area contributed by atoms with E-state index < -0.39 is 15.0 Å². The molecule has 0 aliphatic heterocycles. The molecule has 1 heterocycles. The SMILES string of the molecule is O=[N+]([O-])c1ccc(S(=O)(=O)OCC[n+]2c[nH]c3ccccc32)cc1. The Kier molecular flexibility index (Phi) is 4.28. The molecule has 0 bridgehead atoms. The molecule has 0 unspecified atom stereocenters. The number of benzene rings is 2. The van der Waals surface area contributed by atoms with Crippen molar-refractivity contribution >= 4 is 26.8 Å². The van der Waals surface area contributed by atoms with Crippen LogP contribution in [0.3, 0.4) is 0 Å². The first-order valence-electron chi connectivity index (χ1n) is 7.07. The lowest BCUT2D eigenvalue weighted by Crippen LogP contribution is -2.34. The summed E-state index contributed by atoms with van der Waals surface area (Å²) in [5.41, 5.74) is 1.70. The Labute approximate surface area is 137 Å². The molecule has 8 nitrogen and oxygen atoms in total. The molecule has 1 N–H and O–H groups in total. The van der Waals surface area contributed by atoms with E-state index in [0.717, 1.165) is 35.3 Å². The maximum Gasteiger partial charge on any atom is 0.297 e. The van der Waals surface area contributed by atoms with Gasteiger partial charge in [0, 0.05) is 12.1 Å². The summed E-state index contributed by atoms with van der Waals surface area (Å²) in [4.78, 5) is 13.0. The molecule has 0 aliphatic carbocycles. The number of imidazole rings is 1. The minimum atomic E-state index is -3.96. The molecule has 0 atom stereocenters. The third-order valence-electron chi connectivity index (χ3n) is 3.50. The molecule has 0 amide bonds. The first kappa shape index (κ1) is 16.1. The van der Waals surface area contributed by atoms with Crippen LogP contribution in [0.15, 0.2) is 59.8 Å². The lowest BCUT2D eigenvalue weighted by atomic mass is 10.3. The summed E-state index contributed by atoms with van der Waals surface area (Å²) in [6, 6.07) is 12.2. The van der Waals surface area contributed by atoms with Crippen LogP contribution < -0.4 is 4.57 Å². The summed E-state index contributed by atoms with van der Waals surface area (Å²) >= 11 is 0. The Bertz CT molecular complexity index is 980. The minimum absolute atomic E-state index is 0.0498. The lowest BCUT2D eigenvalue weighted by molar-refractivity contribution is -0.671. The molecule has 0 radical (unpaired) electrons. The number of H-pyrrole nitrogens is 1. The van der Waals surface area contributed by atoms with Gasteiger partial charge in [-0.05, 0) is 24.3 Å². The van der Waals surface area contributed by atoms with Crippen LogP contribution in [-0.4, -0.2) is 24.9 Å². The van der Waals surface area contributed by atoms with Gasteiger partial charge in [0.2, 0.25) is 6.33 Å². The second-order valence-corrected chi connectivity index (χ2v) is 6.63. The van der Waals surface area contributed by atoms with Gasteiger partial charge in [0.15, 0.2) is 11.0 Å². The first-order chi connectivity index (χ1) is 11.5. The zero-order valence-corrected chi connectivity index (χ0v) is 13.3. The van der Waals surface area contributed by atoms with E-state index in [9.17, 15) is 18.5 Å². The molecule has 124 valence electrons. The summed E-state index contributed by atoms with van der Waals surface area (Å²) in [6.07, 6.45) is 1.74. The van der Waals surface area contributed by atoms with Gasteiger partial charge in [-0.3, -0.25) is 14.3 Å². The number of para-hydroxylation sites is 2. The number of non-ortho nitro benzene ring substituents is 1. The standard InChI is InChI=1S/C15H13N3O5S/c19-18(20)12-5-7-13(8-6-12)24(21,22)23-10-9-17-11-16-14-3-1-2-4-15(14)17/h1-8,11H,9-10H2/p+1. The fourth-order valence-electron chi connectivity index (χ4n) is 2.30. The van der Waals surface area contributed by atoms with Crippen molar-refractivity contribution in [2.45, 2.75) is 11.4 Å². The fraction of sp³-hybridized carbons (Fsp3) is 0.133. The van der Waals surface area contributed by atoms with Crippen molar-refractivity contribution < 1.29 is 22.1 Å². The van der Waals surface area contributed by atoms with Crippen molar-refractivity contribution in [3.8, 4) is 0 Å². The monoisotopic (exact) mass is 348 g/mol. The molecule has 2 aromatic carbocycles. The smallest absolute Gasteiger partial charge is 0.262 e. The molecule has 9 heteroatoms. The molecule has 3 rings (SSSR count). The fourth-order valence-corrected chi connectivity index (χ4v) is 3.20. The van der Waals surface area contributed by atoms with Crippen LogP contribution in [0.25, 0.3) is 11.0 Å². The number of aromatic nitrogens is 2. The van der Waals surface area contributed by atoms with Gasteiger partial charge < -0.3 is 0 Å². The van der Waals surface area contributed by atoms with Crippen LogP contribution in [0.4, 0.5) is 5.69 Å². The zero-order valence-electron chi connectivity index (χ0n) is 12.5. The second kappa shape index (κ2) is 6.38. The number of nitrogens with zero attached hydrogens (tertiary/aromatic N) is 2. The molecule has 3 aromatic rings. The molecular weight excluding hydrogens is 334 g/mol. The number of fused-ring (bicyclic) bond motifs is 1. The molecule has 0 saturated carbocycles. The van der Waals surface area contributed by atoms with E-state index in [-0.39, 0.29) is 17.2 Å². The van der Waals surface area contributed by atoms with Crippen molar-refractivity contribution in [1.29, 1.82) is 0 Å². The van der Waals surface area contributed by atoms with Crippen LogP contribution in [0.2, 0.25) is 0 Å². The molecular formula is C15H14N3O5S+. The summed E-state index contributed by atoms with van der Waals surface area (Å²) in [6.45, 7) is 0.294. The molecule has 1 aromatic heterocycles. The number of nitro benzene ring substituents is 1. The van der Waals surface area contributed by atoms with Crippen LogP contribution >= 0.6 is 0 Å². The van der Waals surface area contributed by atoms with E-state index in [1.54, 1.807) is 6.33 Å². The highest BCUT2D eigenvalue weighted by Crippen LogP contribution is 2.17. The quantitative estimate of drug-likeness (QED) is 0.316. The van der Waals surface area contributed by atoms with E-state index in [1.165, 1.54) is 0 Å². The third kappa shape index (κ3) is 3.26. The zero-order chi connectivity index (χ0) is 17.2. The summed E-state index contributed by atoms with van der Waals surface area (Å²) < 4.78 is 31.0. The maximum absolute atomic E-state index is 12.1. The molecule has 0 fully saturated rings. The third-order valence-corrected chi connectivity index (χ3v) is 4.82. The number of rotatable bonds is 6. The number of nitrogens with one attached hydrogen (secondary N) is 1. The van der Waals surface area contributed by atoms with Gasteiger partial charge in [-0.25, -0.2) is 9.55 Å².